The van der Waals surface area contributed by atoms with Gasteiger partial charge in [-0.3, -0.25) is 0 Å². The Balaban J connectivity index is 4.55. The summed E-state index contributed by atoms with van der Waals surface area (Å²) in [7, 11) is 0. The van der Waals surface area contributed by atoms with Crippen LogP contribution in [0.4, 0.5) is 18.0 Å². The van der Waals surface area contributed by atoms with Gasteiger partial charge in [-0.1, -0.05) is 17.7 Å². The molecule has 0 spiro atoms. The molecule has 0 aliphatic rings. The van der Waals surface area contributed by atoms with E-state index in [0.29, 0.717) is 0 Å². The van der Waals surface area contributed by atoms with E-state index in [-0.39, 0.29) is 0 Å². The summed E-state index contributed by atoms with van der Waals surface area (Å²) in [5, 5.41) is 4.53. The molecular formula is C11H16F3NO2S. The number of halogens is 3. The standard InChI is InChI=1S/C11H16F3NO2S/c1-10(2,3)17-9(16)15-8(5-6-18-4)7-11(12,13)14/h8H,7H2,1-4H3,(H,15,16). The lowest BCUT2D eigenvalue weighted by Crippen LogP contribution is -2.40. The third-order valence-electron chi connectivity index (χ3n) is 1.46. The van der Waals surface area contributed by atoms with Crippen molar-refractivity contribution in [1.29, 1.82) is 0 Å². The van der Waals surface area contributed by atoms with Crippen molar-refractivity contribution in [3.8, 4) is 11.2 Å². The number of thioether (sulfide) groups is 1. The Bertz CT molecular complexity index is 339. The lowest BCUT2D eigenvalue weighted by molar-refractivity contribution is -0.136. The van der Waals surface area contributed by atoms with Crippen LogP contribution in [0.1, 0.15) is 27.2 Å². The number of amides is 1. The Morgan fingerprint density at radius 2 is 1.94 bits per heavy atom. The average Bonchev–Trinajstić information content (AvgIpc) is 2.08. The minimum atomic E-state index is -4.40. The van der Waals surface area contributed by atoms with E-state index in [1.165, 1.54) is 0 Å². The van der Waals surface area contributed by atoms with Crippen LogP contribution < -0.4 is 5.32 Å². The highest BCUT2D eigenvalue weighted by atomic mass is 32.2. The van der Waals surface area contributed by atoms with E-state index >= 15 is 0 Å². The summed E-state index contributed by atoms with van der Waals surface area (Å²) in [6.07, 6.45) is -4.88. The highest BCUT2D eigenvalue weighted by Crippen LogP contribution is 2.21. The summed E-state index contributed by atoms with van der Waals surface area (Å²) in [4.78, 5) is 11.3. The number of ether oxygens (including phenoxy) is 1. The maximum atomic E-state index is 12.3. The van der Waals surface area contributed by atoms with Gasteiger partial charge in [0.2, 0.25) is 0 Å². The second-order valence-electron chi connectivity index (χ2n) is 4.47. The lowest BCUT2D eigenvalue weighted by atomic mass is 10.2. The number of carbonyl (C=O) groups excluding carboxylic acids is 1. The van der Waals surface area contributed by atoms with E-state index < -0.39 is 30.3 Å². The fraction of sp³-hybridized carbons (Fsp3) is 0.727. The van der Waals surface area contributed by atoms with Crippen LogP contribution in [-0.2, 0) is 4.74 Å². The predicted octanol–water partition coefficient (Wildman–Crippen LogP) is 3.16. The van der Waals surface area contributed by atoms with Crippen molar-refractivity contribution in [2.24, 2.45) is 0 Å². The van der Waals surface area contributed by atoms with Crippen LogP contribution >= 0.6 is 11.8 Å². The number of rotatable bonds is 2. The molecule has 0 aromatic rings. The fourth-order valence-corrected chi connectivity index (χ4v) is 1.21. The number of alkyl carbamates (subject to hydrolysis) is 1. The first-order valence-corrected chi connectivity index (χ1v) is 6.36. The topological polar surface area (TPSA) is 38.3 Å². The first-order valence-electron chi connectivity index (χ1n) is 5.13. The molecule has 0 rings (SSSR count). The van der Waals surface area contributed by atoms with Gasteiger partial charge in [0.05, 0.1) is 6.42 Å². The fourth-order valence-electron chi connectivity index (χ4n) is 0.949. The van der Waals surface area contributed by atoms with Crippen LogP contribution in [0.25, 0.3) is 0 Å². The summed E-state index contributed by atoms with van der Waals surface area (Å²) in [5.74, 6) is 2.32. The van der Waals surface area contributed by atoms with Crippen molar-refractivity contribution in [2.75, 3.05) is 6.26 Å². The zero-order chi connectivity index (χ0) is 14.4. The number of nitrogens with one attached hydrogen (secondary N) is 1. The van der Waals surface area contributed by atoms with Gasteiger partial charge >= 0.3 is 12.3 Å². The molecule has 0 bridgehead atoms. The maximum absolute atomic E-state index is 12.3. The molecule has 0 fully saturated rings. The van der Waals surface area contributed by atoms with Gasteiger partial charge < -0.3 is 10.1 Å². The summed E-state index contributed by atoms with van der Waals surface area (Å²) < 4.78 is 41.6. The Morgan fingerprint density at radius 3 is 2.33 bits per heavy atom. The van der Waals surface area contributed by atoms with E-state index in [2.05, 4.69) is 16.5 Å². The molecule has 18 heavy (non-hydrogen) atoms. The first-order chi connectivity index (χ1) is 8.03. The average molecular weight is 283 g/mol. The number of carbonyl (C=O) groups is 1. The Kier molecular flexibility index (Phi) is 6.39. The van der Waals surface area contributed by atoms with E-state index in [1.54, 1.807) is 27.0 Å². The minimum absolute atomic E-state index is 0.764. The summed E-state index contributed by atoms with van der Waals surface area (Å²) in [6.45, 7) is 4.87. The monoisotopic (exact) mass is 283 g/mol. The highest BCUT2D eigenvalue weighted by molar-refractivity contribution is 8.03. The van der Waals surface area contributed by atoms with Gasteiger partial charge in [-0.15, -0.1) is 0 Å². The van der Waals surface area contributed by atoms with Gasteiger partial charge in [0, 0.05) is 0 Å². The number of alkyl halides is 3. The zero-order valence-corrected chi connectivity index (χ0v) is 11.5. The molecular weight excluding hydrogens is 267 g/mol. The van der Waals surface area contributed by atoms with E-state index in [1.807, 2.05) is 0 Å². The molecule has 0 saturated carbocycles. The molecule has 3 nitrogen and oxygen atoms in total. The molecule has 0 aliphatic heterocycles. The van der Waals surface area contributed by atoms with Crippen molar-refractivity contribution in [3.63, 3.8) is 0 Å². The molecule has 0 aromatic carbocycles. The molecule has 0 heterocycles. The molecule has 0 aliphatic carbocycles. The summed E-state index contributed by atoms with van der Waals surface area (Å²) >= 11 is 1.08. The van der Waals surface area contributed by atoms with Crippen molar-refractivity contribution in [2.45, 2.75) is 45.0 Å². The van der Waals surface area contributed by atoms with E-state index in [4.69, 9.17) is 4.74 Å². The van der Waals surface area contributed by atoms with Crippen molar-refractivity contribution in [3.05, 3.63) is 0 Å². The third-order valence-corrected chi connectivity index (χ3v) is 1.78. The smallest absolute Gasteiger partial charge is 0.408 e. The van der Waals surface area contributed by atoms with Gasteiger partial charge in [0.1, 0.15) is 11.6 Å². The van der Waals surface area contributed by atoms with Crippen LogP contribution in [0.5, 0.6) is 0 Å². The van der Waals surface area contributed by atoms with Crippen molar-refractivity contribution in [1.82, 2.24) is 5.32 Å². The molecule has 1 N–H and O–H groups in total. The van der Waals surface area contributed by atoms with Crippen molar-refractivity contribution >= 4 is 17.9 Å². The van der Waals surface area contributed by atoms with Gasteiger partial charge in [-0.2, -0.15) is 13.2 Å². The first kappa shape index (κ1) is 17.0. The SMILES string of the molecule is CSC#CC(CC(F)(F)F)NC(=O)OC(C)(C)C. The van der Waals surface area contributed by atoms with E-state index in [0.717, 1.165) is 11.8 Å². The second kappa shape index (κ2) is 6.78. The van der Waals surface area contributed by atoms with Crippen LogP contribution in [-0.4, -0.2) is 30.2 Å². The van der Waals surface area contributed by atoms with Crippen LogP contribution in [0.2, 0.25) is 0 Å². The Hall–Kier alpha value is -1.03. The molecule has 1 amide bonds. The minimum Gasteiger partial charge on any atom is -0.444 e. The molecule has 7 heteroatoms. The number of hydrogen-bond acceptors (Lipinski definition) is 3. The quantitative estimate of drug-likeness (QED) is 0.791. The Labute approximate surface area is 109 Å². The molecule has 104 valence electrons. The molecule has 0 radical (unpaired) electrons. The summed E-state index contributed by atoms with van der Waals surface area (Å²) in [6, 6.07) is -1.30. The zero-order valence-electron chi connectivity index (χ0n) is 10.6. The van der Waals surface area contributed by atoms with Gasteiger partial charge in [-0.25, -0.2) is 4.79 Å². The largest absolute Gasteiger partial charge is 0.444 e. The van der Waals surface area contributed by atoms with E-state index in [9.17, 15) is 18.0 Å². The van der Waals surface area contributed by atoms with Gasteiger partial charge in [-0.05, 0) is 32.3 Å². The lowest BCUT2D eigenvalue weighted by Gasteiger charge is -2.22. The van der Waals surface area contributed by atoms with Crippen LogP contribution in [0.15, 0.2) is 0 Å². The molecule has 1 unspecified atom stereocenters. The third kappa shape index (κ3) is 10.1. The van der Waals surface area contributed by atoms with Gasteiger partial charge in [0.15, 0.2) is 0 Å². The molecule has 1 atom stereocenters. The van der Waals surface area contributed by atoms with Crippen molar-refractivity contribution < 1.29 is 22.7 Å². The number of hydrogen-bond donors (Lipinski definition) is 1. The van der Waals surface area contributed by atoms with Crippen LogP contribution in [0.3, 0.4) is 0 Å². The second-order valence-corrected chi connectivity index (χ2v) is 5.08. The van der Waals surface area contributed by atoms with Crippen LogP contribution in [0, 0.1) is 11.2 Å². The van der Waals surface area contributed by atoms with Gasteiger partial charge in [0.25, 0.3) is 0 Å². The summed E-state index contributed by atoms with van der Waals surface area (Å²) in [5.41, 5.74) is -0.764. The molecule has 0 aromatic heterocycles. The Morgan fingerprint density at radius 1 is 1.39 bits per heavy atom. The normalized spacial score (nSPS) is 13.3. The highest BCUT2D eigenvalue weighted by Gasteiger charge is 2.32. The maximum Gasteiger partial charge on any atom is 0.408 e. The predicted molar refractivity (Wildman–Crippen MR) is 65.1 cm³/mol. The molecule has 0 saturated heterocycles.